The van der Waals surface area contributed by atoms with E-state index >= 15 is 0 Å². The first-order valence-electron chi connectivity index (χ1n) is 3.80. The highest BCUT2D eigenvalue weighted by molar-refractivity contribution is 7.80. The lowest BCUT2D eigenvalue weighted by atomic mass is 10.3. The highest BCUT2D eigenvalue weighted by atomic mass is 32.1. The normalized spacial score (nSPS) is 9.31. The summed E-state index contributed by atoms with van der Waals surface area (Å²) in [5, 5.41) is 0. The Hall–Kier alpha value is -1.22. The fourth-order valence-electron chi connectivity index (χ4n) is 0.732. The van der Waals surface area contributed by atoms with Gasteiger partial charge >= 0.3 is 5.97 Å². The van der Waals surface area contributed by atoms with E-state index in [1.807, 2.05) is 6.07 Å². The van der Waals surface area contributed by atoms with Crippen molar-refractivity contribution >= 4 is 18.6 Å². The number of thiol groups is 1. The van der Waals surface area contributed by atoms with Gasteiger partial charge in [0.15, 0.2) is 0 Å². The van der Waals surface area contributed by atoms with E-state index in [-0.39, 0.29) is 0 Å². The predicted molar refractivity (Wildman–Crippen MR) is 55.1 cm³/mol. The summed E-state index contributed by atoms with van der Waals surface area (Å²) in [5.41, 5.74) is 0.354. The third kappa shape index (κ3) is 2.95. The third-order valence-electron chi connectivity index (χ3n) is 1.43. The number of para-hydroxylation sites is 1. The summed E-state index contributed by atoms with van der Waals surface area (Å²) in [4.78, 5) is 11.2. The number of ether oxygens (including phenoxy) is 1. The van der Waals surface area contributed by atoms with Crippen LogP contribution in [0.5, 0.6) is 5.75 Å². The van der Waals surface area contributed by atoms with Crippen LogP contribution in [0, 0.1) is 0 Å². The van der Waals surface area contributed by atoms with Crippen LogP contribution in [0.3, 0.4) is 0 Å². The molecule has 0 saturated heterocycles. The maximum absolute atomic E-state index is 11.2. The Bertz CT molecular complexity index is 306. The molecule has 0 amide bonds. The van der Waals surface area contributed by atoms with Gasteiger partial charge in [-0.1, -0.05) is 24.8 Å². The van der Waals surface area contributed by atoms with Gasteiger partial charge in [0.1, 0.15) is 5.75 Å². The number of hydrogen-bond acceptors (Lipinski definition) is 3. The van der Waals surface area contributed by atoms with Crippen molar-refractivity contribution in [2.24, 2.45) is 0 Å². The van der Waals surface area contributed by atoms with Crippen molar-refractivity contribution in [2.75, 3.05) is 5.75 Å². The van der Waals surface area contributed by atoms with E-state index in [1.165, 1.54) is 0 Å². The summed E-state index contributed by atoms with van der Waals surface area (Å²) in [5.74, 6) is 0.405. The Morgan fingerprint density at radius 2 is 2.00 bits per heavy atom. The van der Waals surface area contributed by atoms with Crippen molar-refractivity contribution in [2.45, 2.75) is 0 Å². The summed E-state index contributed by atoms with van der Waals surface area (Å²) in [7, 11) is 0. The van der Waals surface area contributed by atoms with E-state index in [2.05, 4.69) is 19.2 Å². The van der Waals surface area contributed by atoms with Crippen molar-refractivity contribution in [1.29, 1.82) is 0 Å². The van der Waals surface area contributed by atoms with Gasteiger partial charge in [-0.05, 0) is 12.1 Å². The van der Waals surface area contributed by atoms with Crippen molar-refractivity contribution in [3.63, 3.8) is 0 Å². The molecule has 2 nitrogen and oxygen atoms in total. The van der Waals surface area contributed by atoms with Gasteiger partial charge in [0.2, 0.25) is 0 Å². The molecule has 0 N–H and O–H groups in total. The van der Waals surface area contributed by atoms with Crippen molar-refractivity contribution < 1.29 is 9.53 Å². The van der Waals surface area contributed by atoms with Gasteiger partial charge in [0, 0.05) is 11.3 Å². The lowest BCUT2D eigenvalue weighted by Crippen LogP contribution is -2.11. The molecule has 0 radical (unpaired) electrons. The second-order valence-electron chi connectivity index (χ2n) is 2.46. The van der Waals surface area contributed by atoms with Crippen LogP contribution >= 0.6 is 12.6 Å². The minimum absolute atomic E-state index is 0.311. The van der Waals surface area contributed by atoms with E-state index in [9.17, 15) is 4.79 Å². The number of carbonyl (C=O) groups excluding carboxylic acids is 1. The van der Waals surface area contributed by atoms with E-state index in [0.29, 0.717) is 17.1 Å². The molecule has 3 heteroatoms. The average molecular weight is 194 g/mol. The molecular formula is C10H10O2S. The van der Waals surface area contributed by atoms with Crippen LogP contribution in [0.1, 0.15) is 0 Å². The van der Waals surface area contributed by atoms with E-state index in [4.69, 9.17) is 4.74 Å². The first kappa shape index (κ1) is 9.86. The lowest BCUT2D eigenvalue weighted by molar-refractivity contribution is -0.130. The molecule has 1 rings (SSSR count). The molecule has 13 heavy (non-hydrogen) atoms. The van der Waals surface area contributed by atoms with Crippen LogP contribution in [0.25, 0.3) is 0 Å². The minimum atomic E-state index is -0.429. The lowest BCUT2D eigenvalue weighted by Gasteiger charge is -2.03. The predicted octanol–water partition coefficient (Wildman–Crippen LogP) is 2.08. The maximum atomic E-state index is 11.2. The molecule has 0 spiro atoms. The average Bonchev–Trinajstić information content (AvgIpc) is 2.18. The summed E-state index contributed by atoms with van der Waals surface area (Å²) < 4.78 is 4.98. The zero-order valence-electron chi connectivity index (χ0n) is 7.06. The third-order valence-corrected chi connectivity index (χ3v) is 1.82. The number of benzene rings is 1. The number of rotatable bonds is 3. The molecule has 0 fully saturated rings. The van der Waals surface area contributed by atoms with Gasteiger partial charge in [0.25, 0.3) is 0 Å². The molecule has 68 valence electrons. The minimum Gasteiger partial charge on any atom is -0.423 e. The molecule has 0 unspecified atom stereocenters. The highest BCUT2D eigenvalue weighted by Gasteiger charge is 2.06. The quantitative estimate of drug-likeness (QED) is 0.345. The molecule has 0 aliphatic heterocycles. The fourth-order valence-corrected chi connectivity index (χ4v) is 0.861. The van der Waals surface area contributed by atoms with Gasteiger partial charge in [-0.25, -0.2) is 4.79 Å². The first-order valence-corrected chi connectivity index (χ1v) is 4.43. The number of hydrogen-bond donors (Lipinski definition) is 1. The number of esters is 1. The molecule has 0 saturated carbocycles. The zero-order valence-corrected chi connectivity index (χ0v) is 7.96. The van der Waals surface area contributed by atoms with E-state index in [0.717, 1.165) is 0 Å². The topological polar surface area (TPSA) is 26.3 Å². The molecule has 1 aromatic carbocycles. The van der Waals surface area contributed by atoms with Gasteiger partial charge in [-0.15, -0.1) is 0 Å². The fraction of sp³-hybridized carbons (Fsp3) is 0.100. The molecule has 0 aromatic heterocycles. The van der Waals surface area contributed by atoms with E-state index < -0.39 is 5.97 Å². The van der Waals surface area contributed by atoms with Gasteiger partial charge in [0.05, 0.1) is 0 Å². The Morgan fingerprint density at radius 1 is 1.38 bits per heavy atom. The van der Waals surface area contributed by atoms with Crippen molar-refractivity contribution in [3.8, 4) is 5.75 Å². The molecule has 0 bridgehead atoms. The Balaban J connectivity index is 2.60. The van der Waals surface area contributed by atoms with Gasteiger partial charge < -0.3 is 4.74 Å². The first-order chi connectivity index (χ1) is 6.24. The van der Waals surface area contributed by atoms with Crippen molar-refractivity contribution in [1.82, 2.24) is 0 Å². The zero-order chi connectivity index (χ0) is 9.68. The summed E-state index contributed by atoms with van der Waals surface area (Å²) in [6, 6.07) is 8.87. The summed E-state index contributed by atoms with van der Waals surface area (Å²) >= 11 is 3.92. The van der Waals surface area contributed by atoms with Gasteiger partial charge in [-0.3, -0.25) is 0 Å². The standard InChI is InChI=1S/C10H10O2S/c1-8(7-13)10(11)12-9-5-3-2-4-6-9/h2-6,13H,1,7H2. The van der Waals surface area contributed by atoms with Crippen LogP contribution in [0.4, 0.5) is 0 Å². The molecule has 0 heterocycles. The van der Waals surface area contributed by atoms with Crippen LogP contribution in [0.15, 0.2) is 42.5 Å². The van der Waals surface area contributed by atoms with Crippen LogP contribution in [-0.4, -0.2) is 11.7 Å². The Morgan fingerprint density at radius 3 is 2.54 bits per heavy atom. The molecule has 0 atom stereocenters. The Labute approximate surface area is 82.6 Å². The smallest absolute Gasteiger partial charge is 0.339 e. The second-order valence-corrected chi connectivity index (χ2v) is 2.78. The number of carbonyl (C=O) groups is 1. The Kier molecular flexibility index (Phi) is 3.58. The van der Waals surface area contributed by atoms with Crippen LogP contribution in [0.2, 0.25) is 0 Å². The van der Waals surface area contributed by atoms with E-state index in [1.54, 1.807) is 24.3 Å². The largest absolute Gasteiger partial charge is 0.423 e. The molecule has 1 aromatic rings. The molecular weight excluding hydrogens is 184 g/mol. The summed E-state index contributed by atoms with van der Waals surface area (Å²) in [6.07, 6.45) is 0. The van der Waals surface area contributed by atoms with Crippen LogP contribution in [-0.2, 0) is 4.79 Å². The SMILES string of the molecule is C=C(CS)C(=O)Oc1ccccc1. The molecule has 0 aliphatic rings. The monoisotopic (exact) mass is 194 g/mol. The highest BCUT2D eigenvalue weighted by Crippen LogP contribution is 2.10. The van der Waals surface area contributed by atoms with Gasteiger partial charge in [-0.2, -0.15) is 12.6 Å². The maximum Gasteiger partial charge on any atom is 0.339 e. The molecule has 0 aliphatic carbocycles. The van der Waals surface area contributed by atoms with Crippen LogP contribution < -0.4 is 4.74 Å². The summed E-state index contributed by atoms with van der Waals surface area (Å²) in [6.45, 7) is 3.52. The van der Waals surface area contributed by atoms with Crippen molar-refractivity contribution in [3.05, 3.63) is 42.5 Å². The second kappa shape index (κ2) is 4.72.